The molecule has 0 aromatic heterocycles. The minimum atomic E-state index is -3.28. The number of amides is 1. The number of unbranched alkanes of at least 4 members (excludes halogenated alkanes) is 1. The van der Waals surface area contributed by atoms with Crippen LogP contribution in [0.5, 0.6) is 11.5 Å². The number of nitrogens with zero attached hydrogens (tertiary/aromatic N) is 1. The molecule has 24 heavy (non-hydrogen) atoms. The zero-order valence-electron chi connectivity index (χ0n) is 14.1. The SMILES string of the molecule is CCCCN(CCC(=O)NCc1ccc2c(c1)OCO2)S(C)(=O)=O. The number of ether oxygens (including phenoxy) is 2. The molecular formula is C16H24N2O5S. The van der Waals surface area contributed by atoms with E-state index in [0.717, 1.165) is 18.4 Å². The van der Waals surface area contributed by atoms with E-state index in [4.69, 9.17) is 9.47 Å². The second-order valence-corrected chi connectivity index (χ2v) is 7.71. The number of nitrogens with one attached hydrogen (secondary N) is 1. The van der Waals surface area contributed by atoms with Gasteiger partial charge in [0.25, 0.3) is 0 Å². The lowest BCUT2D eigenvalue weighted by molar-refractivity contribution is -0.121. The molecule has 0 saturated heterocycles. The minimum absolute atomic E-state index is 0.140. The van der Waals surface area contributed by atoms with Gasteiger partial charge in [-0.05, 0) is 24.1 Å². The zero-order valence-corrected chi connectivity index (χ0v) is 14.9. The molecule has 2 rings (SSSR count). The number of sulfonamides is 1. The molecule has 8 heteroatoms. The van der Waals surface area contributed by atoms with Crippen molar-refractivity contribution < 1.29 is 22.7 Å². The Morgan fingerprint density at radius 2 is 2.00 bits per heavy atom. The van der Waals surface area contributed by atoms with Crippen LogP contribution in [-0.4, -0.2) is 44.8 Å². The molecule has 0 saturated carbocycles. The average molecular weight is 356 g/mol. The van der Waals surface area contributed by atoms with Crippen LogP contribution in [0.1, 0.15) is 31.7 Å². The highest BCUT2D eigenvalue weighted by Crippen LogP contribution is 2.32. The summed E-state index contributed by atoms with van der Waals surface area (Å²) in [6, 6.07) is 5.49. The molecule has 0 radical (unpaired) electrons. The van der Waals surface area contributed by atoms with Gasteiger partial charge in [-0.25, -0.2) is 12.7 Å². The molecule has 0 bridgehead atoms. The molecular weight excluding hydrogens is 332 g/mol. The summed E-state index contributed by atoms with van der Waals surface area (Å²) in [5, 5.41) is 2.80. The van der Waals surface area contributed by atoms with E-state index < -0.39 is 10.0 Å². The van der Waals surface area contributed by atoms with E-state index >= 15 is 0 Å². The maximum atomic E-state index is 12.0. The maximum absolute atomic E-state index is 12.0. The monoisotopic (exact) mass is 356 g/mol. The second kappa shape index (κ2) is 8.34. The third kappa shape index (κ3) is 5.38. The highest BCUT2D eigenvalue weighted by molar-refractivity contribution is 7.88. The van der Waals surface area contributed by atoms with Crippen molar-refractivity contribution in [2.75, 3.05) is 26.1 Å². The molecule has 1 aliphatic rings. The number of benzene rings is 1. The number of hydrogen-bond acceptors (Lipinski definition) is 5. The summed E-state index contributed by atoms with van der Waals surface area (Å²) < 4.78 is 35.3. The van der Waals surface area contributed by atoms with Crippen LogP contribution in [0.15, 0.2) is 18.2 Å². The fourth-order valence-corrected chi connectivity index (χ4v) is 3.23. The molecule has 1 aromatic carbocycles. The van der Waals surface area contributed by atoms with Gasteiger partial charge in [0.15, 0.2) is 11.5 Å². The lowest BCUT2D eigenvalue weighted by Crippen LogP contribution is -2.35. The molecule has 1 aliphatic heterocycles. The molecule has 0 aliphatic carbocycles. The molecule has 1 aromatic rings. The molecule has 0 atom stereocenters. The Morgan fingerprint density at radius 1 is 1.25 bits per heavy atom. The van der Waals surface area contributed by atoms with Crippen molar-refractivity contribution in [2.24, 2.45) is 0 Å². The van der Waals surface area contributed by atoms with Gasteiger partial charge in [-0.3, -0.25) is 4.79 Å². The van der Waals surface area contributed by atoms with Crippen LogP contribution < -0.4 is 14.8 Å². The number of hydrogen-bond donors (Lipinski definition) is 1. The van der Waals surface area contributed by atoms with Crippen LogP contribution >= 0.6 is 0 Å². The van der Waals surface area contributed by atoms with E-state index in [-0.39, 0.29) is 25.7 Å². The third-order valence-electron chi connectivity index (χ3n) is 3.75. The second-order valence-electron chi connectivity index (χ2n) is 5.73. The predicted molar refractivity (Wildman–Crippen MR) is 90.4 cm³/mol. The van der Waals surface area contributed by atoms with Gasteiger partial charge in [0.05, 0.1) is 6.26 Å². The van der Waals surface area contributed by atoms with Gasteiger partial charge in [0.1, 0.15) is 0 Å². The van der Waals surface area contributed by atoms with Crippen LogP contribution in [0, 0.1) is 0 Å². The van der Waals surface area contributed by atoms with E-state index in [1.165, 1.54) is 10.6 Å². The molecule has 0 unspecified atom stereocenters. The van der Waals surface area contributed by atoms with Gasteiger partial charge in [0, 0.05) is 26.1 Å². The van der Waals surface area contributed by atoms with Crippen LogP contribution in [-0.2, 0) is 21.4 Å². The van der Waals surface area contributed by atoms with E-state index in [9.17, 15) is 13.2 Å². The lowest BCUT2D eigenvalue weighted by Gasteiger charge is -2.19. The number of rotatable bonds is 9. The first kappa shape index (κ1) is 18.5. The predicted octanol–water partition coefficient (Wildman–Crippen LogP) is 1.48. The van der Waals surface area contributed by atoms with Gasteiger partial charge < -0.3 is 14.8 Å². The molecule has 0 fully saturated rings. The fourth-order valence-electron chi connectivity index (χ4n) is 2.34. The average Bonchev–Trinajstić information content (AvgIpc) is 2.99. The summed E-state index contributed by atoms with van der Waals surface area (Å²) >= 11 is 0. The van der Waals surface area contributed by atoms with E-state index in [2.05, 4.69) is 5.32 Å². The third-order valence-corrected chi connectivity index (χ3v) is 5.05. The molecule has 1 amide bonds. The van der Waals surface area contributed by atoms with Crippen molar-refractivity contribution in [3.05, 3.63) is 23.8 Å². The Kier molecular flexibility index (Phi) is 6.44. The van der Waals surface area contributed by atoms with Crippen molar-refractivity contribution >= 4 is 15.9 Å². The lowest BCUT2D eigenvalue weighted by atomic mass is 10.2. The molecule has 0 spiro atoms. The van der Waals surface area contributed by atoms with Crippen molar-refractivity contribution in [3.8, 4) is 11.5 Å². The normalized spacial score (nSPS) is 13.3. The Bertz CT molecular complexity index is 675. The van der Waals surface area contributed by atoms with E-state index in [0.29, 0.717) is 24.6 Å². The number of carbonyl (C=O) groups is 1. The summed E-state index contributed by atoms with van der Waals surface area (Å²) in [6.45, 7) is 3.22. The number of carbonyl (C=O) groups excluding carboxylic acids is 1. The van der Waals surface area contributed by atoms with Crippen LogP contribution in [0.25, 0.3) is 0 Å². The van der Waals surface area contributed by atoms with Gasteiger partial charge in [-0.2, -0.15) is 0 Å². The van der Waals surface area contributed by atoms with Gasteiger partial charge in [-0.15, -0.1) is 0 Å². The summed E-state index contributed by atoms with van der Waals surface area (Å²) in [6.07, 6.45) is 3.00. The quantitative estimate of drug-likeness (QED) is 0.724. The first-order chi connectivity index (χ1) is 11.4. The summed E-state index contributed by atoms with van der Waals surface area (Å²) in [4.78, 5) is 12.0. The smallest absolute Gasteiger partial charge is 0.231 e. The Morgan fingerprint density at radius 3 is 2.71 bits per heavy atom. The van der Waals surface area contributed by atoms with Crippen LogP contribution in [0.2, 0.25) is 0 Å². The Hall–Kier alpha value is -1.80. The van der Waals surface area contributed by atoms with Gasteiger partial charge >= 0.3 is 0 Å². The van der Waals surface area contributed by atoms with Crippen molar-refractivity contribution in [3.63, 3.8) is 0 Å². The first-order valence-corrected chi connectivity index (χ1v) is 9.85. The van der Waals surface area contributed by atoms with Crippen LogP contribution in [0.3, 0.4) is 0 Å². The van der Waals surface area contributed by atoms with Gasteiger partial charge in [-0.1, -0.05) is 19.4 Å². The minimum Gasteiger partial charge on any atom is -0.454 e. The van der Waals surface area contributed by atoms with Crippen molar-refractivity contribution in [1.82, 2.24) is 9.62 Å². The van der Waals surface area contributed by atoms with E-state index in [1.807, 2.05) is 19.1 Å². The Labute approximate surface area is 143 Å². The highest BCUT2D eigenvalue weighted by atomic mass is 32.2. The van der Waals surface area contributed by atoms with Crippen molar-refractivity contribution in [1.29, 1.82) is 0 Å². The highest BCUT2D eigenvalue weighted by Gasteiger charge is 2.17. The Balaban J connectivity index is 1.80. The summed E-state index contributed by atoms with van der Waals surface area (Å²) in [5.41, 5.74) is 0.901. The standard InChI is InChI=1S/C16H24N2O5S/c1-3-4-8-18(24(2,20)21)9-7-16(19)17-11-13-5-6-14-15(10-13)23-12-22-14/h5-6,10H,3-4,7-9,11-12H2,1-2H3,(H,17,19). The van der Waals surface area contributed by atoms with Crippen LogP contribution in [0.4, 0.5) is 0 Å². The molecule has 1 N–H and O–H groups in total. The molecule has 7 nitrogen and oxygen atoms in total. The molecule has 1 heterocycles. The number of fused-ring (bicyclic) bond motifs is 1. The summed E-state index contributed by atoms with van der Waals surface area (Å²) in [5.74, 6) is 1.19. The maximum Gasteiger partial charge on any atom is 0.231 e. The molecule has 134 valence electrons. The fraction of sp³-hybridized carbons (Fsp3) is 0.562. The largest absolute Gasteiger partial charge is 0.454 e. The van der Waals surface area contributed by atoms with Crippen molar-refractivity contribution in [2.45, 2.75) is 32.7 Å². The summed E-state index contributed by atoms with van der Waals surface area (Å²) in [7, 11) is -3.28. The first-order valence-electron chi connectivity index (χ1n) is 8.00. The van der Waals surface area contributed by atoms with E-state index in [1.54, 1.807) is 6.07 Å². The zero-order chi connectivity index (χ0) is 17.6. The topological polar surface area (TPSA) is 84.9 Å². The van der Waals surface area contributed by atoms with Gasteiger partial charge in [0.2, 0.25) is 22.7 Å².